The lowest BCUT2D eigenvalue weighted by Gasteiger charge is -2.08. The number of rotatable bonds is 7. The highest BCUT2D eigenvalue weighted by Crippen LogP contribution is 2.15. The number of sulfonamides is 1. The Labute approximate surface area is 151 Å². The van der Waals surface area contributed by atoms with Crippen LogP contribution in [0, 0.1) is 20.8 Å². The lowest BCUT2D eigenvalue weighted by Crippen LogP contribution is -2.29. The third kappa shape index (κ3) is 3.73. The first-order valence-corrected chi connectivity index (χ1v) is 9.45. The van der Waals surface area contributed by atoms with Crippen LogP contribution in [0.4, 0.5) is 5.82 Å². The fourth-order valence-corrected chi connectivity index (χ4v) is 3.25. The molecule has 3 rings (SSSR count). The number of nitrogens with one attached hydrogen (secondary N) is 3. The summed E-state index contributed by atoms with van der Waals surface area (Å²) in [5.41, 5.74) is 3.10. The normalized spacial score (nSPS) is 11.7. The molecule has 3 aromatic heterocycles. The van der Waals surface area contributed by atoms with Crippen LogP contribution in [0.2, 0.25) is 0 Å². The van der Waals surface area contributed by atoms with Crippen molar-refractivity contribution in [2.24, 2.45) is 0 Å². The molecule has 0 saturated carbocycles. The van der Waals surface area contributed by atoms with Crippen molar-refractivity contribution in [1.29, 1.82) is 0 Å². The molecule has 0 fully saturated rings. The Bertz CT molecular complexity index is 978. The molecule has 11 heteroatoms. The van der Waals surface area contributed by atoms with Crippen LogP contribution in [0.3, 0.4) is 0 Å². The smallest absolute Gasteiger partial charge is 0.257 e. The lowest BCUT2D eigenvalue weighted by molar-refractivity contribution is 0.579. The van der Waals surface area contributed by atoms with Crippen molar-refractivity contribution in [2.75, 3.05) is 18.4 Å². The van der Waals surface area contributed by atoms with Gasteiger partial charge in [-0.25, -0.2) is 22.8 Å². The third-order valence-corrected chi connectivity index (χ3v) is 5.39. The largest absolute Gasteiger partial charge is 0.367 e. The number of imidazole rings is 1. The van der Waals surface area contributed by atoms with E-state index in [1.165, 1.54) is 12.5 Å². The molecular weight excluding hydrogens is 356 g/mol. The van der Waals surface area contributed by atoms with E-state index in [2.05, 4.69) is 35.3 Å². The summed E-state index contributed by atoms with van der Waals surface area (Å²) < 4.78 is 28.1. The van der Waals surface area contributed by atoms with E-state index in [1.54, 1.807) is 10.7 Å². The van der Waals surface area contributed by atoms with Gasteiger partial charge in [-0.1, -0.05) is 0 Å². The average molecular weight is 376 g/mol. The molecule has 0 aliphatic rings. The van der Waals surface area contributed by atoms with Gasteiger partial charge in [-0.15, -0.1) is 10.2 Å². The molecule has 138 valence electrons. The van der Waals surface area contributed by atoms with Crippen LogP contribution in [0.5, 0.6) is 0 Å². The zero-order valence-electron chi connectivity index (χ0n) is 14.7. The van der Waals surface area contributed by atoms with E-state index >= 15 is 0 Å². The molecule has 0 aliphatic heterocycles. The van der Waals surface area contributed by atoms with E-state index in [0.717, 1.165) is 17.0 Å². The Morgan fingerprint density at radius 2 is 1.96 bits per heavy atom. The van der Waals surface area contributed by atoms with Crippen molar-refractivity contribution >= 4 is 15.8 Å². The first-order chi connectivity index (χ1) is 12.4. The van der Waals surface area contributed by atoms with Crippen LogP contribution in [0.25, 0.3) is 5.82 Å². The highest BCUT2D eigenvalue weighted by Gasteiger charge is 2.14. The molecule has 3 N–H and O–H groups in total. The van der Waals surface area contributed by atoms with Gasteiger partial charge in [-0.3, -0.25) is 0 Å². The van der Waals surface area contributed by atoms with Crippen LogP contribution in [0.15, 0.2) is 29.7 Å². The SMILES string of the molecule is Cc1nn(-c2ccc(NCCNS(=O)(=O)c3cnc[nH]3)nn2)c(C)c1C. The number of aryl methyl sites for hydroxylation is 1. The minimum Gasteiger partial charge on any atom is -0.367 e. The standard InChI is InChI=1S/C15H20N8O2S/c1-10-11(2)22-23(12(10)3)14-5-4-13(20-21-14)17-6-7-19-26(24,25)15-8-16-9-18-15/h4-5,8-9,19H,6-7H2,1-3H3,(H,16,18)(H,17,20). The lowest BCUT2D eigenvalue weighted by atomic mass is 10.2. The number of aromatic nitrogens is 6. The molecular formula is C15H20N8O2S. The maximum Gasteiger partial charge on any atom is 0.257 e. The zero-order chi connectivity index (χ0) is 18.7. The van der Waals surface area contributed by atoms with E-state index in [9.17, 15) is 8.42 Å². The first-order valence-electron chi connectivity index (χ1n) is 7.97. The maximum absolute atomic E-state index is 11.9. The fraction of sp³-hybridized carbons (Fsp3) is 0.333. The molecule has 26 heavy (non-hydrogen) atoms. The van der Waals surface area contributed by atoms with Crippen molar-refractivity contribution in [2.45, 2.75) is 25.8 Å². The predicted molar refractivity (Wildman–Crippen MR) is 95.6 cm³/mol. The van der Waals surface area contributed by atoms with Crippen LogP contribution in [-0.4, -0.2) is 51.5 Å². The number of aromatic amines is 1. The van der Waals surface area contributed by atoms with Gasteiger partial charge in [0.2, 0.25) is 0 Å². The van der Waals surface area contributed by atoms with Crippen LogP contribution < -0.4 is 10.0 Å². The van der Waals surface area contributed by atoms with Crippen molar-refractivity contribution in [3.8, 4) is 5.82 Å². The van der Waals surface area contributed by atoms with Crippen LogP contribution in [-0.2, 0) is 10.0 Å². The molecule has 10 nitrogen and oxygen atoms in total. The molecule has 0 radical (unpaired) electrons. The molecule has 0 unspecified atom stereocenters. The third-order valence-electron chi connectivity index (χ3n) is 4.01. The maximum atomic E-state index is 11.9. The van der Waals surface area contributed by atoms with E-state index in [4.69, 9.17) is 0 Å². The minimum atomic E-state index is -3.58. The Hall–Kier alpha value is -2.79. The summed E-state index contributed by atoms with van der Waals surface area (Å²) in [5.74, 6) is 1.18. The van der Waals surface area contributed by atoms with Gasteiger partial charge >= 0.3 is 0 Å². The van der Waals surface area contributed by atoms with Gasteiger partial charge in [0, 0.05) is 18.8 Å². The Kier molecular flexibility index (Phi) is 5.00. The second-order valence-electron chi connectivity index (χ2n) is 5.72. The number of anilines is 1. The predicted octanol–water partition coefficient (Wildman–Crippen LogP) is 0.701. The molecule has 0 atom stereocenters. The molecule has 3 heterocycles. The van der Waals surface area contributed by atoms with Gasteiger partial charge in [-0.2, -0.15) is 5.10 Å². The highest BCUT2D eigenvalue weighted by atomic mass is 32.2. The van der Waals surface area contributed by atoms with Gasteiger partial charge < -0.3 is 10.3 Å². The number of nitrogens with zero attached hydrogens (tertiary/aromatic N) is 5. The van der Waals surface area contributed by atoms with Gasteiger partial charge in [-0.05, 0) is 38.5 Å². The molecule has 0 bridgehead atoms. The Balaban J connectivity index is 1.56. The molecule has 0 saturated heterocycles. The zero-order valence-corrected chi connectivity index (χ0v) is 15.5. The highest BCUT2D eigenvalue weighted by molar-refractivity contribution is 7.89. The summed E-state index contributed by atoms with van der Waals surface area (Å²) in [6.07, 6.45) is 2.56. The summed E-state index contributed by atoms with van der Waals surface area (Å²) in [4.78, 5) is 6.25. The van der Waals surface area contributed by atoms with Gasteiger partial charge in [0.25, 0.3) is 10.0 Å². The molecule has 0 amide bonds. The molecule has 0 spiro atoms. The van der Waals surface area contributed by atoms with Crippen LogP contribution in [0.1, 0.15) is 17.0 Å². The van der Waals surface area contributed by atoms with E-state index in [1.807, 2.05) is 26.8 Å². The Morgan fingerprint density at radius 3 is 2.54 bits per heavy atom. The monoisotopic (exact) mass is 376 g/mol. The van der Waals surface area contributed by atoms with Gasteiger partial charge in [0.15, 0.2) is 10.8 Å². The number of hydrogen-bond donors (Lipinski definition) is 3. The summed E-state index contributed by atoms with van der Waals surface area (Å²) in [6.45, 7) is 6.51. The molecule has 3 aromatic rings. The van der Waals surface area contributed by atoms with E-state index in [0.29, 0.717) is 18.2 Å². The Morgan fingerprint density at radius 1 is 1.15 bits per heavy atom. The van der Waals surface area contributed by atoms with Crippen LogP contribution >= 0.6 is 0 Å². The number of H-pyrrole nitrogens is 1. The summed E-state index contributed by atoms with van der Waals surface area (Å²) in [6, 6.07) is 3.58. The second kappa shape index (κ2) is 7.22. The number of hydrogen-bond acceptors (Lipinski definition) is 7. The molecule has 0 aliphatic carbocycles. The molecule has 0 aromatic carbocycles. The van der Waals surface area contributed by atoms with E-state index in [-0.39, 0.29) is 11.6 Å². The van der Waals surface area contributed by atoms with Crippen molar-refractivity contribution in [3.05, 3.63) is 41.6 Å². The second-order valence-corrected chi connectivity index (χ2v) is 7.46. The average Bonchev–Trinajstić information content (AvgIpc) is 3.25. The van der Waals surface area contributed by atoms with E-state index < -0.39 is 10.0 Å². The first kappa shape index (κ1) is 18.0. The quantitative estimate of drug-likeness (QED) is 0.517. The fourth-order valence-electron chi connectivity index (χ4n) is 2.32. The van der Waals surface area contributed by atoms with Crippen molar-refractivity contribution < 1.29 is 8.42 Å². The van der Waals surface area contributed by atoms with Gasteiger partial charge in [0.05, 0.1) is 18.2 Å². The topological polar surface area (TPSA) is 130 Å². The minimum absolute atomic E-state index is 0.0295. The summed E-state index contributed by atoms with van der Waals surface area (Å²) in [7, 11) is -3.58. The van der Waals surface area contributed by atoms with Crippen molar-refractivity contribution in [1.82, 2.24) is 34.7 Å². The summed E-state index contributed by atoms with van der Waals surface area (Å²) in [5, 5.41) is 15.8. The van der Waals surface area contributed by atoms with Crippen molar-refractivity contribution in [3.63, 3.8) is 0 Å². The summed E-state index contributed by atoms with van der Waals surface area (Å²) >= 11 is 0. The van der Waals surface area contributed by atoms with Gasteiger partial charge in [0.1, 0.15) is 5.82 Å².